The van der Waals surface area contributed by atoms with Gasteiger partial charge < -0.3 is 24.6 Å². The molecule has 0 saturated carbocycles. The fourth-order valence-corrected chi connectivity index (χ4v) is 7.59. The number of hydrogen-bond donors (Lipinski definition) is 2. The number of alkyl carbamates (subject to hydrolysis) is 1. The number of nitrogens with one attached hydrogen (secondary N) is 1. The molecule has 5 rings (SSSR count). The van der Waals surface area contributed by atoms with E-state index in [0.717, 1.165) is 5.56 Å². The molecule has 0 aliphatic carbocycles. The van der Waals surface area contributed by atoms with Crippen molar-refractivity contribution >= 4 is 33.1 Å². The van der Waals surface area contributed by atoms with Crippen molar-refractivity contribution in [2.45, 2.75) is 76.0 Å². The largest absolute Gasteiger partial charge is 0.494 e. The van der Waals surface area contributed by atoms with Gasteiger partial charge in [0.05, 0.1) is 20.1 Å². The van der Waals surface area contributed by atoms with Gasteiger partial charge in [-0.15, -0.1) is 5.10 Å². The number of nitrogens with zero attached hydrogens (tertiary/aromatic N) is 4. The quantitative estimate of drug-likeness (QED) is 0.204. The van der Waals surface area contributed by atoms with E-state index in [4.69, 9.17) is 14.2 Å². The monoisotopic (exact) mass is 693 g/mol. The van der Waals surface area contributed by atoms with Crippen LogP contribution in [0.2, 0.25) is 0 Å². The molecule has 0 radical (unpaired) electrons. The Hall–Kier alpha value is -4.69. The first-order chi connectivity index (χ1) is 23.1. The summed E-state index contributed by atoms with van der Waals surface area (Å²) in [4.78, 5) is 24.1. The van der Waals surface area contributed by atoms with Crippen LogP contribution in [0.15, 0.2) is 59.5 Å². The highest BCUT2D eigenvalue weighted by Gasteiger charge is 2.34. The van der Waals surface area contributed by atoms with Gasteiger partial charge in [-0.3, -0.25) is 4.79 Å². The molecule has 1 amide bonds. The summed E-state index contributed by atoms with van der Waals surface area (Å²) in [7, 11) is -0.657. The number of fused-ring (bicyclic) bond motifs is 2. The highest BCUT2D eigenvalue weighted by Crippen LogP contribution is 2.36. The third-order valence-electron chi connectivity index (χ3n) is 8.13. The van der Waals surface area contributed by atoms with E-state index in [1.165, 1.54) is 11.4 Å². The van der Waals surface area contributed by atoms with E-state index < -0.39 is 39.7 Å². The molecule has 2 N–H and O–H groups in total. The van der Waals surface area contributed by atoms with Gasteiger partial charge >= 0.3 is 12.1 Å². The molecule has 0 spiro atoms. The summed E-state index contributed by atoms with van der Waals surface area (Å²) in [6.07, 6.45) is 0.117. The van der Waals surface area contributed by atoms with Gasteiger partial charge in [0.1, 0.15) is 39.1 Å². The van der Waals surface area contributed by atoms with Gasteiger partial charge in [-0.1, -0.05) is 35.5 Å². The Kier molecular flexibility index (Phi) is 10.5. The summed E-state index contributed by atoms with van der Waals surface area (Å²) in [5, 5.41) is 20.9. The molecule has 0 fully saturated rings. The Balaban J connectivity index is 1.35. The molecule has 14 heteroatoms. The number of carboxylic acid groups (broad SMARTS) is 1. The molecule has 1 aliphatic heterocycles. The maximum absolute atomic E-state index is 14.0. The van der Waals surface area contributed by atoms with Crippen LogP contribution in [0.4, 0.5) is 4.79 Å². The molecular weight excluding hydrogens is 650 g/mol. The van der Waals surface area contributed by atoms with Crippen molar-refractivity contribution in [3.63, 3.8) is 0 Å². The summed E-state index contributed by atoms with van der Waals surface area (Å²) < 4.78 is 48.0. The third kappa shape index (κ3) is 8.49. The summed E-state index contributed by atoms with van der Waals surface area (Å²) in [5.74, 6) is -0.726. The minimum Gasteiger partial charge on any atom is -0.494 e. The first-order valence-corrected chi connectivity index (χ1v) is 17.5. The van der Waals surface area contributed by atoms with Crippen LogP contribution in [0.1, 0.15) is 68.7 Å². The van der Waals surface area contributed by atoms with Gasteiger partial charge in [-0.25, -0.2) is 17.9 Å². The van der Waals surface area contributed by atoms with Crippen LogP contribution in [0.5, 0.6) is 11.5 Å². The average molecular weight is 694 g/mol. The number of ether oxygens (including phenoxy) is 3. The number of carboxylic acids is 1. The maximum Gasteiger partial charge on any atom is 0.407 e. The zero-order valence-electron chi connectivity index (χ0n) is 28.6. The number of methoxy groups -OCH3 is 1. The Morgan fingerprint density at radius 3 is 2.59 bits per heavy atom. The standard InChI is InChI=1S/C35H43N5O8S/c1-22-20-40(49(44,45)31-13-12-23(16-29(31)47-22)10-8-14-36-34(43)48-35(2,3)4)21-24-9-7-11-25(15-24)27(19-32(41)42)26-17-28-33(30(18-26)46-6)39(5)38-37-28/h7,9,11-13,15-18,22,27H,8,10,14,19-21H2,1-6H3,(H,36,43)(H,41,42)/t22-,27+/m1/s1. The van der Waals surface area contributed by atoms with Gasteiger partial charge in [-0.05, 0) is 87.1 Å². The molecule has 4 aromatic rings. The van der Waals surface area contributed by atoms with Gasteiger partial charge in [-0.2, -0.15) is 4.31 Å². The average Bonchev–Trinajstić information content (AvgIpc) is 3.36. The molecule has 49 heavy (non-hydrogen) atoms. The smallest absolute Gasteiger partial charge is 0.407 e. The number of aromatic nitrogens is 3. The molecule has 2 atom stereocenters. The summed E-state index contributed by atoms with van der Waals surface area (Å²) in [6, 6.07) is 16.0. The topological polar surface area (TPSA) is 162 Å². The van der Waals surface area contributed by atoms with Crippen LogP contribution in [-0.4, -0.2) is 76.8 Å². The predicted octanol–water partition coefficient (Wildman–Crippen LogP) is 5.01. The van der Waals surface area contributed by atoms with Gasteiger partial charge in [0.25, 0.3) is 0 Å². The molecule has 13 nitrogen and oxygen atoms in total. The van der Waals surface area contributed by atoms with Gasteiger partial charge in [0.15, 0.2) is 0 Å². The predicted molar refractivity (Wildman–Crippen MR) is 182 cm³/mol. The highest BCUT2D eigenvalue weighted by atomic mass is 32.2. The van der Waals surface area contributed by atoms with Crippen LogP contribution in [-0.2, 0) is 39.6 Å². The third-order valence-corrected chi connectivity index (χ3v) is 9.98. The number of aryl methyl sites for hydroxylation is 2. The van der Waals surface area contributed by atoms with Crippen LogP contribution in [0, 0.1) is 0 Å². The second-order valence-corrected chi connectivity index (χ2v) is 15.1. The second-order valence-electron chi connectivity index (χ2n) is 13.2. The molecule has 1 aromatic heterocycles. The van der Waals surface area contributed by atoms with Crippen LogP contribution >= 0.6 is 0 Å². The number of aliphatic carboxylic acids is 1. The molecule has 3 aromatic carbocycles. The summed E-state index contributed by atoms with van der Waals surface area (Å²) in [6.45, 7) is 7.82. The number of carbonyl (C=O) groups excluding carboxylic acids is 1. The van der Waals surface area contributed by atoms with Crippen LogP contribution in [0.25, 0.3) is 11.0 Å². The lowest BCUT2D eigenvalue weighted by Gasteiger charge is -2.23. The lowest BCUT2D eigenvalue weighted by atomic mass is 9.87. The van der Waals surface area contributed by atoms with Crippen molar-refractivity contribution in [3.05, 3.63) is 76.9 Å². The van der Waals surface area contributed by atoms with E-state index in [1.807, 2.05) is 31.2 Å². The number of hydrogen-bond acceptors (Lipinski definition) is 9. The van der Waals surface area contributed by atoms with Crippen molar-refractivity contribution in [3.8, 4) is 11.5 Å². The van der Waals surface area contributed by atoms with Crippen molar-refractivity contribution in [1.82, 2.24) is 24.6 Å². The lowest BCUT2D eigenvalue weighted by Crippen LogP contribution is -2.35. The van der Waals surface area contributed by atoms with E-state index in [1.54, 1.807) is 62.8 Å². The van der Waals surface area contributed by atoms with E-state index in [9.17, 15) is 23.1 Å². The van der Waals surface area contributed by atoms with E-state index >= 15 is 0 Å². The molecule has 1 aliphatic rings. The van der Waals surface area contributed by atoms with Crippen LogP contribution < -0.4 is 14.8 Å². The van der Waals surface area contributed by atoms with Crippen molar-refractivity contribution in [1.29, 1.82) is 0 Å². The van der Waals surface area contributed by atoms with Gasteiger partial charge in [0.2, 0.25) is 10.0 Å². The zero-order valence-corrected chi connectivity index (χ0v) is 29.4. The number of sulfonamides is 1. The Morgan fingerprint density at radius 1 is 1.10 bits per heavy atom. The molecular formula is C35H43N5O8S. The summed E-state index contributed by atoms with van der Waals surface area (Å²) >= 11 is 0. The van der Waals surface area contributed by atoms with Crippen molar-refractivity contribution < 1.29 is 37.3 Å². The second kappa shape index (κ2) is 14.4. The Morgan fingerprint density at radius 2 is 1.88 bits per heavy atom. The molecule has 0 saturated heterocycles. The maximum atomic E-state index is 14.0. The Bertz CT molecular complexity index is 1950. The van der Waals surface area contributed by atoms with Gasteiger partial charge in [0, 0.05) is 26.1 Å². The van der Waals surface area contributed by atoms with E-state index in [0.29, 0.717) is 52.9 Å². The van der Waals surface area contributed by atoms with Crippen molar-refractivity contribution in [2.75, 3.05) is 20.2 Å². The molecule has 262 valence electrons. The molecule has 0 bridgehead atoms. The number of amides is 1. The fourth-order valence-electron chi connectivity index (χ4n) is 5.98. The highest BCUT2D eigenvalue weighted by molar-refractivity contribution is 7.89. The molecule has 0 unspecified atom stereocenters. The summed E-state index contributed by atoms with van der Waals surface area (Å²) in [5.41, 5.74) is 3.68. The van der Waals surface area contributed by atoms with E-state index in [2.05, 4.69) is 15.6 Å². The minimum atomic E-state index is -3.95. The van der Waals surface area contributed by atoms with Crippen molar-refractivity contribution in [2.24, 2.45) is 7.05 Å². The first-order valence-electron chi connectivity index (χ1n) is 16.1. The van der Waals surface area contributed by atoms with E-state index in [-0.39, 0.29) is 30.2 Å². The molecule has 2 heterocycles. The number of carbonyl (C=O) groups is 2. The van der Waals surface area contributed by atoms with Crippen LogP contribution in [0.3, 0.4) is 0 Å². The first kappa shape index (κ1) is 35.6. The minimum absolute atomic E-state index is 0.0632. The zero-order chi connectivity index (χ0) is 35.5. The fraction of sp³-hybridized carbons (Fsp3) is 0.429. The lowest BCUT2D eigenvalue weighted by molar-refractivity contribution is -0.137. The SMILES string of the molecule is COc1cc([C@@H](CC(=O)O)c2cccc(CN3C[C@@H](C)Oc4cc(CCCNC(=O)OC(C)(C)C)ccc4S3(=O)=O)c2)cc2nnn(C)c12. The number of benzene rings is 3. The number of rotatable bonds is 11. The normalized spacial score (nSPS) is 16.7. The Labute approximate surface area is 286 Å².